The third-order valence-corrected chi connectivity index (χ3v) is 1.36. The Kier molecular flexibility index (Phi) is 7.67. The summed E-state index contributed by atoms with van der Waals surface area (Å²) in [7, 11) is 0. The van der Waals surface area contributed by atoms with Gasteiger partial charge in [0.05, 0.1) is 11.1 Å². The monoisotopic (exact) mass is 226 g/mol. The second-order valence-electron chi connectivity index (χ2n) is 2.19. The summed E-state index contributed by atoms with van der Waals surface area (Å²) in [6.45, 7) is 0. The fourth-order valence-electron chi connectivity index (χ4n) is 0.785. The number of rotatable bonds is 2. The first-order valence-corrected chi connectivity index (χ1v) is 3.18. The van der Waals surface area contributed by atoms with Crippen molar-refractivity contribution < 1.29 is 25.3 Å². The molecule has 0 saturated carbocycles. The molecule has 0 heterocycles. The molecule has 0 saturated heterocycles. The molecule has 0 aliphatic heterocycles. The van der Waals surface area contributed by atoms with E-state index in [9.17, 15) is 9.59 Å². The van der Waals surface area contributed by atoms with Crippen LogP contribution in [-0.4, -0.2) is 65.4 Å². The Bertz CT molecular complexity index is 307. The van der Waals surface area contributed by atoms with Gasteiger partial charge in [-0.05, 0) is 18.2 Å². The van der Waals surface area contributed by atoms with Crippen LogP contribution < -0.4 is 0 Å². The molecular weight excluding hydrogens is 216 g/mol. The van der Waals surface area contributed by atoms with Crippen LogP contribution >= 0.6 is 0 Å². The molecule has 0 spiro atoms. The van der Waals surface area contributed by atoms with Crippen LogP contribution in [0, 0.1) is 0 Å². The summed E-state index contributed by atoms with van der Waals surface area (Å²) in [5.41, 5.74) is -0.0372. The molecular formula is C8H10CaO5. The maximum atomic E-state index is 10.4. The maximum absolute atomic E-state index is 10.4. The van der Waals surface area contributed by atoms with E-state index in [2.05, 4.69) is 0 Å². The van der Waals surface area contributed by atoms with Gasteiger partial charge in [-0.25, -0.2) is 9.59 Å². The Labute approximate surface area is 110 Å². The topological polar surface area (TPSA) is 106 Å². The van der Waals surface area contributed by atoms with Crippen LogP contribution in [0.3, 0.4) is 0 Å². The van der Waals surface area contributed by atoms with Crippen LogP contribution in [0.15, 0.2) is 24.3 Å². The Morgan fingerprint density at radius 1 is 1.00 bits per heavy atom. The van der Waals surface area contributed by atoms with Crippen molar-refractivity contribution in [2.24, 2.45) is 0 Å². The molecule has 1 aromatic rings. The molecule has 0 unspecified atom stereocenters. The quantitative estimate of drug-likeness (QED) is 0.653. The van der Waals surface area contributed by atoms with Gasteiger partial charge in [0.15, 0.2) is 0 Å². The molecule has 0 fully saturated rings. The minimum atomic E-state index is -1.13. The van der Waals surface area contributed by atoms with Crippen LogP contribution in [0.5, 0.6) is 0 Å². The molecule has 0 amide bonds. The molecule has 14 heavy (non-hydrogen) atoms. The number of benzene rings is 1. The first-order valence-electron chi connectivity index (χ1n) is 3.18. The number of carbonyl (C=O) groups is 2. The van der Waals surface area contributed by atoms with E-state index in [1.807, 2.05) is 0 Å². The van der Waals surface area contributed by atoms with E-state index >= 15 is 0 Å². The van der Waals surface area contributed by atoms with Crippen molar-refractivity contribution in [1.82, 2.24) is 0 Å². The zero-order chi connectivity index (χ0) is 9.14. The fraction of sp³-hybridized carbons (Fsp3) is 0. The van der Waals surface area contributed by atoms with Gasteiger partial charge in [-0.15, -0.1) is 0 Å². The van der Waals surface area contributed by atoms with Crippen molar-refractivity contribution in [2.75, 3.05) is 0 Å². The summed E-state index contributed by atoms with van der Waals surface area (Å²) >= 11 is 0. The summed E-state index contributed by atoms with van der Waals surface area (Å²) in [6, 6.07) is 5.20. The minimum absolute atomic E-state index is 0. The molecule has 0 aromatic heterocycles. The first-order chi connectivity index (χ1) is 5.61. The number of hydrogen-bond acceptors (Lipinski definition) is 2. The van der Waals surface area contributed by atoms with Gasteiger partial charge in [0.25, 0.3) is 0 Å². The molecule has 0 bridgehead atoms. The van der Waals surface area contributed by atoms with E-state index in [0.29, 0.717) is 0 Å². The predicted octanol–water partition coefficient (Wildman–Crippen LogP) is -0.658. The average molecular weight is 226 g/mol. The average Bonchev–Trinajstić information content (AvgIpc) is 2.04. The molecule has 6 heteroatoms. The SMILES string of the molecule is O.O=C(O)c1cccc(C(=O)O)c1.[CaH2]. The van der Waals surface area contributed by atoms with Crippen molar-refractivity contribution in [2.45, 2.75) is 0 Å². The predicted molar refractivity (Wildman–Crippen MR) is 52.5 cm³/mol. The van der Waals surface area contributed by atoms with Gasteiger partial charge in [0, 0.05) is 0 Å². The van der Waals surface area contributed by atoms with Gasteiger partial charge in [-0.1, -0.05) is 6.07 Å². The van der Waals surface area contributed by atoms with Crippen molar-refractivity contribution in [1.29, 1.82) is 0 Å². The summed E-state index contributed by atoms with van der Waals surface area (Å²) in [5, 5.41) is 17.0. The number of carboxylic acid groups (broad SMARTS) is 2. The zero-order valence-corrected chi connectivity index (χ0v) is 6.52. The van der Waals surface area contributed by atoms with Gasteiger partial charge in [-0.2, -0.15) is 0 Å². The second kappa shape index (κ2) is 6.78. The number of hydrogen-bond donors (Lipinski definition) is 2. The number of aromatic carboxylic acids is 2. The van der Waals surface area contributed by atoms with Gasteiger partial charge < -0.3 is 15.7 Å². The van der Waals surface area contributed by atoms with E-state index < -0.39 is 11.9 Å². The van der Waals surface area contributed by atoms with E-state index in [1.54, 1.807) is 0 Å². The molecule has 1 aromatic carbocycles. The summed E-state index contributed by atoms with van der Waals surface area (Å²) < 4.78 is 0. The normalized spacial score (nSPS) is 8.00. The van der Waals surface area contributed by atoms with Gasteiger partial charge in [0.1, 0.15) is 0 Å². The molecule has 74 valence electrons. The van der Waals surface area contributed by atoms with Crippen LogP contribution in [0.1, 0.15) is 20.7 Å². The van der Waals surface area contributed by atoms with Crippen molar-refractivity contribution >= 4 is 49.7 Å². The van der Waals surface area contributed by atoms with Crippen LogP contribution in [0.25, 0.3) is 0 Å². The summed E-state index contributed by atoms with van der Waals surface area (Å²) in [6.07, 6.45) is 0. The van der Waals surface area contributed by atoms with E-state index in [0.717, 1.165) is 6.07 Å². The Balaban J connectivity index is 0. The van der Waals surface area contributed by atoms with Crippen molar-refractivity contribution in [3.8, 4) is 0 Å². The molecule has 5 nitrogen and oxygen atoms in total. The van der Waals surface area contributed by atoms with Crippen molar-refractivity contribution in [3.63, 3.8) is 0 Å². The van der Waals surface area contributed by atoms with E-state index in [-0.39, 0.29) is 54.3 Å². The van der Waals surface area contributed by atoms with E-state index in [4.69, 9.17) is 10.2 Å². The Morgan fingerprint density at radius 2 is 1.36 bits per heavy atom. The molecule has 4 N–H and O–H groups in total. The third kappa shape index (κ3) is 4.06. The molecule has 0 aliphatic rings. The second-order valence-corrected chi connectivity index (χ2v) is 2.19. The van der Waals surface area contributed by atoms with Gasteiger partial charge >= 0.3 is 49.7 Å². The fourth-order valence-corrected chi connectivity index (χ4v) is 0.785. The summed E-state index contributed by atoms with van der Waals surface area (Å²) in [5.74, 6) is -2.25. The molecule has 0 radical (unpaired) electrons. The van der Waals surface area contributed by atoms with Crippen LogP contribution in [-0.2, 0) is 0 Å². The summed E-state index contributed by atoms with van der Waals surface area (Å²) in [4.78, 5) is 20.8. The van der Waals surface area contributed by atoms with Gasteiger partial charge in [-0.3, -0.25) is 0 Å². The Hall–Kier alpha value is -0.620. The first kappa shape index (κ1) is 15.8. The Morgan fingerprint density at radius 3 is 1.64 bits per heavy atom. The molecule has 0 atom stereocenters. The van der Waals surface area contributed by atoms with Gasteiger partial charge in [0.2, 0.25) is 0 Å². The van der Waals surface area contributed by atoms with Crippen LogP contribution in [0.2, 0.25) is 0 Å². The van der Waals surface area contributed by atoms with Crippen LogP contribution in [0.4, 0.5) is 0 Å². The van der Waals surface area contributed by atoms with Crippen molar-refractivity contribution in [3.05, 3.63) is 35.4 Å². The third-order valence-electron chi connectivity index (χ3n) is 1.36. The molecule has 1 rings (SSSR count). The molecule has 0 aliphatic carbocycles. The number of carboxylic acids is 2. The standard InChI is InChI=1S/C8H6O4.Ca.H2O.2H/c9-7(10)5-2-1-3-6(4-5)8(11)12;;;;/h1-4H,(H,9,10)(H,11,12);;1H2;;. The zero-order valence-electron chi connectivity index (χ0n) is 6.52. The van der Waals surface area contributed by atoms with E-state index in [1.165, 1.54) is 18.2 Å².